The van der Waals surface area contributed by atoms with E-state index in [4.69, 9.17) is 10.00 Å². The Morgan fingerprint density at radius 3 is 2.94 bits per heavy atom. The van der Waals surface area contributed by atoms with Gasteiger partial charge in [-0.05, 0) is 24.8 Å². The molecule has 0 unspecified atom stereocenters. The Morgan fingerprint density at radius 2 is 2.31 bits per heavy atom. The fourth-order valence-electron chi connectivity index (χ4n) is 1.40. The third-order valence-electron chi connectivity index (χ3n) is 2.20. The molecule has 0 atom stereocenters. The summed E-state index contributed by atoms with van der Waals surface area (Å²) in [6, 6.07) is 8.10. The second kappa shape index (κ2) is 7.15. The number of methoxy groups -OCH3 is 1. The summed E-state index contributed by atoms with van der Waals surface area (Å²) in [5.41, 5.74) is 1.64. The van der Waals surface area contributed by atoms with Crippen LogP contribution in [0, 0.1) is 11.3 Å². The van der Waals surface area contributed by atoms with E-state index in [1.807, 2.05) is 24.5 Å². The average molecular weight is 236 g/mol. The Morgan fingerprint density at radius 1 is 1.50 bits per heavy atom. The molecule has 1 aromatic rings. The van der Waals surface area contributed by atoms with E-state index < -0.39 is 0 Å². The van der Waals surface area contributed by atoms with Crippen molar-refractivity contribution in [3.05, 3.63) is 23.8 Å². The van der Waals surface area contributed by atoms with E-state index in [9.17, 15) is 0 Å². The van der Waals surface area contributed by atoms with Crippen molar-refractivity contribution in [3.63, 3.8) is 0 Å². The van der Waals surface area contributed by atoms with Crippen molar-refractivity contribution < 1.29 is 4.74 Å². The van der Waals surface area contributed by atoms with Crippen molar-refractivity contribution in [1.29, 1.82) is 5.26 Å². The first-order valence-corrected chi connectivity index (χ1v) is 6.36. The van der Waals surface area contributed by atoms with Crippen molar-refractivity contribution in [2.24, 2.45) is 0 Å². The molecular weight excluding hydrogens is 220 g/mol. The van der Waals surface area contributed by atoms with Gasteiger partial charge in [-0.2, -0.15) is 5.26 Å². The fourth-order valence-corrected chi connectivity index (χ4v) is 1.98. The number of ether oxygens (including phenoxy) is 1. The molecule has 0 bridgehead atoms. The molecule has 0 aliphatic carbocycles. The molecule has 0 saturated carbocycles. The van der Waals surface area contributed by atoms with Crippen molar-refractivity contribution >= 4 is 17.4 Å². The third-order valence-corrected chi connectivity index (χ3v) is 2.98. The Bertz CT molecular complexity index is 374. The summed E-state index contributed by atoms with van der Waals surface area (Å²) in [4.78, 5) is 1.01. The Balaban J connectivity index is 2.68. The summed E-state index contributed by atoms with van der Waals surface area (Å²) < 4.78 is 4.97. The summed E-state index contributed by atoms with van der Waals surface area (Å²) in [6.07, 6.45) is 2.91. The number of hydrogen-bond donors (Lipinski definition) is 1. The van der Waals surface area contributed by atoms with Crippen LogP contribution in [0.5, 0.6) is 0 Å². The standard InChI is InChI=1S/C12H16N2OS/c1-15-8-4-7-14-11-5-3-6-12(16-2)10(11)9-13/h3,5-6,14H,4,7-8H2,1-2H3. The van der Waals surface area contributed by atoms with E-state index in [1.165, 1.54) is 0 Å². The molecule has 16 heavy (non-hydrogen) atoms. The molecule has 0 saturated heterocycles. The molecule has 0 aliphatic rings. The van der Waals surface area contributed by atoms with Crippen LogP contribution in [0.15, 0.2) is 23.1 Å². The van der Waals surface area contributed by atoms with Crippen LogP contribution in [0.25, 0.3) is 0 Å². The van der Waals surface area contributed by atoms with Gasteiger partial charge in [0.05, 0.1) is 11.3 Å². The lowest BCUT2D eigenvalue weighted by atomic mass is 10.2. The number of anilines is 1. The number of rotatable bonds is 6. The minimum Gasteiger partial charge on any atom is -0.385 e. The Kier molecular flexibility index (Phi) is 5.76. The van der Waals surface area contributed by atoms with Crippen LogP contribution in [0.1, 0.15) is 12.0 Å². The first-order chi connectivity index (χ1) is 7.83. The highest BCUT2D eigenvalue weighted by molar-refractivity contribution is 7.98. The maximum absolute atomic E-state index is 9.11. The van der Waals surface area contributed by atoms with Gasteiger partial charge in [0, 0.05) is 25.2 Å². The van der Waals surface area contributed by atoms with Gasteiger partial charge in [-0.25, -0.2) is 0 Å². The van der Waals surface area contributed by atoms with Crippen LogP contribution < -0.4 is 5.32 Å². The number of nitrogens with one attached hydrogen (secondary N) is 1. The zero-order valence-corrected chi connectivity index (χ0v) is 10.4. The monoisotopic (exact) mass is 236 g/mol. The molecule has 0 amide bonds. The number of benzene rings is 1. The van der Waals surface area contributed by atoms with E-state index in [1.54, 1.807) is 18.9 Å². The summed E-state index contributed by atoms with van der Waals surface area (Å²) >= 11 is 1.59. The van der Waals surface area contributed by atoms with Gasteiger partial charge in [-0.3, -0.25) is 0 Å². The lowest BCUT2D eigenvalue weighted by Gasteiger charge is -2.10. The molecule has 0 heterocycles. The predicted molar refractivity (Wildman–Crippen MR) is 67.9 cm³/mol. The molecule has 0 spiro atoms. The first kappa shape index (κ1) is 12.9. The molecule has 4 heteroatoms. The second-order valence-electron chi connectivity index (χ2n) is 3.27. The van der Waals surface area contributed by atoms with Gasteiger partial charge in [-0.1, -0.05) is 6.07 Å². The van der Waals surface area contributed by atoms with Crippen LogP contribution in [0.4, 0.5) is 5.69 Å². The maximum Gasteiger partial charge on any atom is 0.102 e. The molecule has 1 N–H and O–H groups in total. The summed E-state index contributed by atoms with van der Waals surface area (Å²) in [7, 11) is 1.69. The van der Waals surface area contributed by atoms with Gasteiger partial charge < -0.3 is 10.1 Å². The minimum atomic E-state index is 0.729. The SMILES string of the molecule is COCCCNc1cccc(SC)c1C#N. The zero-order valence-electron chi connectivity index (χ0n) is 9.62. The number of nitriles is 1. The third kappa shape index (κ3) is 3.44. The largest absolute Gasteiger partial charge is 0.385 e. The van der Waals surface area contributed by atoms with Crippen molar-refractivity contribution in [1.82, 2.24) is 0 Å². The Labute approximate surface area is 101 Å². The predicted octanol–water partition coefficient (Wildman–Crippen LogP) is 2.73. The highest BCUT2D eigenvalue weighted by Crippen LogP contribution is 2.26. The van der Waals surface area contributed by atoms with Crippen molar-refractivity contribution in [3.8, 4) is 6.07 Å². The molecule has 0 fully saturated rings. The second-order valence-corrected chi connectivity index (χ2v) is 4.12. The van der Waals surface area contributed by atoms with E-state index in [0.717, 1.165) is 35.7 Å². The van der Waals surface area contributed by atoms with E-state index in [2.05, 4.69) is 11.4 Å². The molecule has 0 aromatic heterocycles. The normalized spacial score (nSPS) is 9.81. The lowest BCUT2D eigenvalue weighted by molar-refractivity contribution is 0.198. The van der Waals surface area contributed by atoms with Crippen molar-refractivity contribution in [2.75, 3.05) is 31.8 Å². The van der Waals surface area contributed by atoms with Gasteiger partial charge in [0.1, 0.15) is 6.07 Å². The molecule has 1 rings (SSSR count). The minimum absolute atomic E-state index is 0.729. The van der Waals surface area contributed by atoms with E-state index in [0.29, 0.717) is 0 Å². The lowest BCUT2D eigenvalue weighted by Crippen LogP contribution is -2.06. The smallest absolute Gasteiger partial charge is 0.102 e. The molecule has 0 radical (unpaired) electrons. The van der Waals surface area contributed by atoms with Gasteiger partial charge in [-0.15, -0.1) is 11.8 Å². The fraction of sp³-hybridized carbons (Fsp3) is 0.417. The Hall–Kier alpha value is -1.18. The quantitative estimate of drug-likeness (QED) is 0.609. The topological polar surface area (TPSA) is 45.0 Å². The molecule has 86 valence electrons. The summed E-state index contributed by atoms with van der Waals surface area (Å²) in [5, 5.41) is 12.4. The van der Waals surface area contributed by atoms with E-state index in [-0.39, 0.29) is 0 Å². The van der Waals surface area contributed by atoms with Crippen LogP contribution in [-0.4, -0.2) is 26.5 Å². The van der Waals surface area contributed by atoms with Crippen LogP contribution in [0.3, 0.4) is 0 Å². The molecule has 3 nitrogen and oxygen atoms in total. The molecule has 0 aliphatic heterocycles. The van der Waals surface area contributed by atoms with Gasteiger partial charge in [0.2, 0.25) is 0 Å². The summed E-state index contributed by atoms with van der Waals surface area (Å²) in [6.45, 7) is 1.55. The number of hydrogen-bond acceptors (Lipinski definition) is 4. The van der Waals surface area contributed by atoms with Gasteiger partial charge in [0.25, 0.3) is 0 Å². The number of thioether (sulfide) groups is 1. The zero-order chi connectivity index (χ0) is 11.8. The molecule has 1 aromatic carbocycles. The molecular formula is C12H16N2OS. The van der Waals surface area contributed by atoms with Gasteiger partial charge >= 0.3 is 0 Å². The highest BCUT2D eigenvalue weighted by atomic mass is 32.2. The summed E-state index contributed by atoms with van der Waals surface area (Å²) in [5.74, 6) is 0. The van der Waals surface area contributed by atoms with Crippen LogP contribution in [-0.2, 0) is 4.74 Å². The van der Waals surface area contributed by atoms with E-state index >= 15 is 0 Å². The van der Waals surface area contributed by atoms with Gasteiger partial charge in [0.15, 0.2) is 0 Å². The first-order valence-electron chi connectivity index (χ1n) is 5.13. The van der Waals surface area contributed by atoms with Crippen LogP contribution in [0.2, 0.25) is 0 Å². The number of nitrogens with zero attached hydrogens (tertiary/aromatic N) is 1. The van der Waals surface area contributed by atoms with Crippen molar-refractivity contribution in [2.45, 2.75) is 11.3 Å². The highest BCUT2D eigenvalue weighted by Gasteiger charge is 2.05. The van der Waals surface area contributed by atoms with Crippen LogP contribution >= 0.6 is 11.8 Å². The average Bonchev–Trinajstić information content (AvgIpc) is 2.34. The maximum atomic E-state index is 9.11.